The molecule has 0 spiro atoms. The van der Waals surface area contributed by atoms with E-state index in [9.17, 15) is 14.9 Å². The number of hydrogen-bond donors (Lipinski definition) is 0. The summed E-state index contributed by atoms with van der Waals surface area (Å²) >= 11 is 0. The molecule has 0 heterocycles. The zero-order valence-corrected chi connectivity index (χ0v) is 12.3. The van der Waals surface area contributed by atoms with E-state index in [0.717, 1.165) is 5.56 Å². The first-order valence-electron chi connectivity index (χ1n) is 6.66. The van der Waals surface area contributed by atoms with Crippen LogP contribution in [0.1, 0.15) is 11.7 Å². The second kappa shape index (κ2) is 6.71. The predicted octanol–water partition coefficient (Wildman–Crippen LogP) is 2.80. The van der Waals surface area contributed by atoms with Gasteiger partial charge < -0.3 is 9.64 Å². The summed E-state index contributed by atoms with van der Waals surface area (Å²) in [7, 11) is 3.30. The van der Waals surface area contributed by atoms with Crippen LogP contribution < -0.4 is 4.74 Å². The predicted molar refractivity (Wildman–Crippen MR) is 81.6 cm³/mol. The Morgan fingerprint density at radius 2 is 1.68 bits per heavy atom. The highest BCUT2D eigenvalue weighted by Crippen LogP contribution is 2.25. The Hall–Kier alpha value is -2.89. The second-order valence-corrected chi connectivity index (χ2v) is 4.89. The van der Waals surface area contributed by atoms with Crippen molar-refractivity contribution in [2.24, 2.45) is 0 Å². The van der Waals surface area contributed by atoms with Crippen molar-refractivity contribution in [3.8, 4) is 5.75 Å². The summed E-state index contributed by atoms with van der Waals surface area (Å²) in [5.74, 6) is 0.194. The molecule has 22 heavy (non-hydrogen) atoms. The van der Waals surface area contributed by atoms with E-state index in [2.05, 4.69) is 0 Å². The van der Waals surface area contributed by atoms with Crippen molar-refractivity contribution in [2.45, 2.75) is 6.10 Å². The van der Waals surface area contributed by atoms with Crippen molar-refractivity contribution in [2.75, 3.05) is 14.1 Å². The van der Waals surface area contributed by atoms with Crippen LogP contribution in [0.3, 0.4) is 0 Å². The fourth-order valence-corrected chi connectivity index (χ4v) is 1.91. The lowest BCUT2D eigenvalue weighted by atomic mass is 10.1. The Morgan fingerprint density at radius 1 is 1.09 bits per heavy atom. The number of carbonyl (C=O) groups excluding carboxylic acids is 1. The van der Waals surface area contributed by atoms with Crippen molar-refractivity contribution in [3.05, 3.63) is 70.3 Å². The van der Waals surface area contributed by atoms with E-state index < -0.39 is 11.0 Å². The summed E-state index contributed by atoms with van der Waals surface area (Å²) in [5, 5.41) is 10.7. The number of hydrogen-bond acceptors (Lipinski definition) is 4. The molecule has 2 aromatic rings. The van der Waals surface area contributed by atoms with Crippen LogP contribution in [0, 0.1) is 10.1 Å². The van der Waals surface area contributed by atoms with Gasteiger partial charge >= 0.3 is 0 Å². The molecule has 114 valence electrons. The highest BCUT2D eigenvalue weighted by atomic mass is 16.6. The molecular formula is C16H16N2O4. The van der Waals surface area contributed by atoms with Gasteiger partial charge in [0.2, 0.25) is 6.10 Å². The maximum absolute atomic E-state index is 12.3. The van der Waals surface area contributed by atoms with Crippen molar-refractivity contribution in [1.29, 1.82) is 0 Å². The summed E-state index contributed by atoms with van der Waals surface area (Å²) in [6.45, 7) is 0. The number of nitro groups is 1. The van der Waals surface area contributed by atoms with E-state index in [-0.39, 0.29) is 11.6 Å². The van der Waals surface area contributed by atoms with Gasteiger partial charge in [0.1, 0.15) is 5.75 Å². The van der Waals surface area contributed by atoms with Gasteiger partial charge in [0.15, 0.2) is 0 Å². The molecule has 0 saturated carbocycles. The zero-order chi connectivity index (χ0) is 16.1. The van der Waals surface area contributed by atoms with Crippen LogP contribution >= 0.6 is 0 Å². The molecule has 0 radical (unpaired) electrons. The lowest BCUT2D eigenvalue weighted by Crippen LogP contribution is -2.31. The Balaban J connectivity index is 2.27. The molecule has 1 amide bonds. The summed E-state index contributed by atoms with van der Waals surface area (Å²) < 4.78 is 5.74. The number of likely N-dealkylation sites (N-methyl/N-ethyl adjacent to an activating group) is 1. The summed E-state index contributed by atoms with van der Waals surface area (Å²) in [4.78, 5) is 23.9. The lowest BCUT2D eigenvalue weighted by molar-refractivity contribution is -0.384. The molecule has 0 bridgehead atoms. The highest BCUT2D eigenvalue weighted by molar-refractivity contribution is 5.82. The molecule has 0 aliphatic heterocycles. The van der Waals surface area contributed by atoms with Gasteiger partial charge in [-0.3, -0.25) is 14.9 Å². The topological polar surface area (TPSA) is 72.7 Å². The number of nitro benzene ring substituents is 1. The SMILES string of the molecule is CN(C)C(=O)[C@H](Oc1ccc([N+](=O)[O-])cc1)c1ccccc1. The second-order valence-electron chi connectivity index (χ2n) is 4.89. The fraction of sp³-hybridized carbons (Fsp3) is 0.188. The number of amides is 1. The summed E-state index contributed by atoms with van der Waals surface area (Å²) in [6.07, 6.45) is -0.794. The molecule has 1 atom stereocenters. The van der Waals surface area contributed by atoms with Gasteiger partial charge in [0, 0.05) is 31.8 Å². The van der Waals surface area contributed by atoms with E-state index in [4.69, 9.17) is 4.74 Å². The standard InChI is InChI=1S/C16H16N2O4/c1-17(2)16(19)15(12-6-4-3-5-7-12)22-14-10-8-13(9-11-14)18(20)21/h3-11,15H,1-2H3/t15-/m1/s1. The van der Waals surface area contributed by atoms with Gasteiger partial charge in [-0.1, -0.05) is 30.3 Å². The first-order valence-corrected chi connectivity index (χ1v) is 6.66. The molecule has 2 aromatic carbocycles. The smallest absolute Gasteiger partial charge is 0.269 e. The molecule has 0 aliphatic carbocycles. The first kappa shape index (κ1) is 15.5. The minimum Gasteiger partial charge on any atom is -0.476 e. The zero-order valence-electron chi connectivity index (χ0n) is 12.3. The third-order valence-corrected chi connectivity index (χ3v) is 3.07. The monoisotopic (exact) mass is 300 g/mol. The normalized spacial score (nSPS) is 11.5. The van der Waals surface area contributed by atoms with Crippen LogP contribution in [-0.4, -0.2) is 29.8 Å². The van der Waals surface area contributed by atoms with Crippen LogP contribution in [0.15, 0.2) is 54.6 Å². The summed E-state index contributed by atoms with van der Waals surface area (Å²) in [5.41, 5.74) is 0.696. The number of nitrogens with zero attached hydrogens (tertiary/aromatic N) is 2. The van der Waals surface area contributed by atoms with Gasteiger partial charge in [-0.05, 0) is 12.1 Å². The highest BCUT2D eigenvalue weighted by Gasteiger charge is 2.24. The number of rotatable bonds is 5. The third kappa shape index (κ3) is 3.60. The van der Waals surface area contributed by atoms with E-state index in [0.29, 0.717) is 5.75 Å². The minimum atomic E-state index is -0.794. The van der Waals surface area contributed by atoms with Crippen LogP contribution in [0.5, 0.6) is 5.75 Å². The molecule has 0 aliphatic rings. The number of benzene rings is 2. The maximum Gasteiger partial charge on any atom is 0.269 e. The quantitative estimate of drug-likeness (QED) is 0.628. The van der Waals surface area contributed by atoms with Gasteiger partial charge in [-0.2, -0.15) is 0 Å². The van der Waals surface area contributed by atoms with E-state index in [1.807, 2.05) is 18.2 Å². The molecule has 0 N–H and O–H groups in total. The largest absolute Gasteiger partial charge is 0.476 e. The molecular weight excluding hydrogens is 284 g/mol. The molecule has 0 saturated heterocycles. The lowest BCUT2D eigenvalue weighted by Gasteiger charge is -2.22. The van der Waals surface area contributed by atoms with Crippen molar-refractivity contribution < 1.29 is 14.5 Å². The molecule has 0 unspecified atom stereocenters. The molecule has 0 aromatic heterocycles. The van der Waals surface area contributed by atoms with Crippen molar-refractivity contribution in [3.63, 3.8) is 0 Å². The average molecular weight is 300 g/mol. The van der Waals surface area contributed by atoms with Gasteiger partial charge in [-0.25, -0.2) is 0 Å². The Labute approximate surface area is 128 Å². The van der Waals surface area contributed by atoms with Crippen LogP contribution in [0.2, 0.25) is 0 Å². The summed E-state index contributed by atoms with van der Waals surface area (Å²) in [6, 6.07) is 14.8. The third-order valence-electron chi connectivity index (χ3n) is 3.07. The van der Waals surface area contributed by atoms with Gasteiger partial charge in [0.25, 0.3) is 11.6 Å². The van der Waals surface area contributed by atoms with Crippen molar-refractivity contribution >= 4 is 11.6 Å². The van der Waals surface area contributed by atoms with E-state index in [1.165, 1.54) is 29.2 Å². The van der Waals surface area contributed by atoms with Gasteiger partial charge in [0.05, 0.1) is 4.92 Å². The maximum atomic E-state index is 12.3. The molecule has 2 rings (SSSR count). The van der Waals surface area contributed by atoms with Crippen molar-refractivity contribution in [1.82, 2.24) is 4.90 Å². The van der Waals surface area contributed by atoms with Crippen LogP contribution in [-0.2, 0) is 4.79 Å². The van der Waals surface area contributed by atoms with Gasteiger partial charge in [-0.15, -0.1) is 0 Å². The van der Waals surface area contributed by atoms with E-state index in [1.54, 1.807) is 26.2 Å². The van der Waals surface area contributed by atoms with Crippen LogP contribution in [0.4, 0.5) is 5.69 Å². The molecule has 0 fully saturated rings. The average Bonchev–Trinajstić information content (AvgIpc) is 2.53. The molecule has 6 nitrogen and oxygen atoms in total. The van der Waals surface area contributed by atoms with E-state index >= 15 is 0 Å². The Morgan fingerprint density at radius 3 is 2.18 bits per heavy atom. The molecule has 6 heteroatoms. The minimum absolute atomic E-state index is 0.0254. The fourth-order valence-electron chi connectivity index (χ4n) is 1.91. The Kier molecular flexibility index (Phi) is 4.73. The Bertz CT molecular complexity index is 654. The first-order chi connectivity index (χ1) is 10.5. The number of carbonyl (C=O) groups is 1. The number of non-ortho nitro benzene ring substituents is 1. The number of ether oxygens (including phenoxy) is 1. The van der Waals surface area contributed by atoms with Crippen LogP contribution in [0.25, 0.3) is 0 Å².